The van der Waals surface area contributed by atoms with E-state index in [9.17, 15) is 5.11 Å². The molecule has 0 aliphatic carbocycles. The van der Waals surface area contributed by atoms with E-state index in [2.05, 4.69) is 0 Å². The highest BCUT2D eigenvalue weighted by atomic mass is 35.5. The van der Waals surface area contributed by atoms with Gasteiger partial charge in [-0.25, -0.2) is 0 Å². The summed E-state index contributed by atoms with van der Waals surface area (Å²) in [5, 5.41) is 10.2. The van der Waals surface area contributed by atoms with Crippen molar-refractivity contribution in [3.05, 3.63) is 22.2 Å². The van der Waals surface area contributed by atoms with Crippen molar-refractivity contribution in [2.75, 3.05) is 19.8 Å². The molecule has 1 aliphatic heterocycles. The van der Waals surface area contributed by atoms with Crippen LogP contribution in [0.4, 0.5) is 0 Å². The summed E-state index contributed by atoms with van der Waals surface area (Å²) in [5.41, 5.74) is 1.71. The zero-order chi connectivity index (χ0) is 13.3. The minimum absolute atomic E-state index is 0.0654. The predicted molar refractivity (Wildman–Crippen MR) is 71.9 cm³/mol. The van der Waals surface area contributed by atoms with E-state index in [-0.39, 0.29) is 12.0 Å². The molecule has 0 radical (unpaired) electrons. The number of aliphatic hydroxyl groups excluding tert-OH is 1. The van der Waals surface area contributed by atoms with Crippen LogP contribution in [0.3, 0.4) is 0 Å². The van der Waals surface area contributed by atoms with Crippen molar-refractivity contribution in [2.24, 2.45) is 0 Å². The van der Waals surface area contributed by atoms with Crippen molar-refractivity contribution in [1.29, 1.82) is 0 Å². The molecule has 0 spiro atoms. The third-order valence-corrected chi connectivity index (χ3v) is 3.75. The first-order valence-electron chi connectivity index (χ1n) is 6.23. The quantitative estimate of drug-likeness (QED) is 0.918. The minimum atomic E-state index is -0.342. The van der Waals surface area contributed by atoms with Crippen LogP contribution in [0.5, 0.6) is 11.5 Å². The Morgan fingerprint density at radius 2 is 2.00 bits per heavy atom. The van der Waals surface area contributed by atoms with Crippen LogP contribution in [-0.2, 0) is 11.8 Å². The smallest absolute Gasteiger partial charge is 0.180 e. The second-order valence-corrected chi connectivity index (χ2v) is 5.51. The third-order valence-electron chi connectivity index (χ3n) is 3.35. The van der Waals surface area contributed by atoms with Gasteiger partial charge in [-0.3, -0.25) is 0 Å². The summed E-state index contributed by atoms with van der Waals surface area (Å²) in [6, 6.07) is 1.95. The fourth-order valence-electron chi connectivity index (χ4n) is 2.22. The number of rotatable bonds is 3. The Kier molecular flexibility index (Phi) is 3.74. The largest absolute Gasteiger partial charge is 0.486 e. The van der Waals surface area contributed by atoms with Gasteiger partial charge < -0.3 is 14.6 Å². The molecule has 0 bridgehead atoms. The van der Waals surface area contributed by atoms with Gasteiger partial charge in [-0.2, -0.15) is 0 Å². The summed E-state index contributed by atoms with van der Waals surface area (Å²) in [7, 11) is 0. The van der Waals surface area contributed by atoms with Gasteiger partial charge in [0.15, 0.2) is 11.5 Å². The highest BCUT2D eigenvalue weighted by molar-refractivity contribution is 6.33. The molecular formula is C14H19ClO3. The van der Waals surface area contributed by atoms with Gasteiger partial charge in [-0.05, 0) is 23.6 Å². The zero-order valence-corrected chi connectivity index (χ0v) is 11.8. The van der Waals surface area contributed by atoms with E-state index in [0.717, 1.165) is 17.5 Å². The van der Waals surface area contributed by atoms with Crippen LogP contribution in [0.25, 0.3) is 0 Å². The Labute approximate surface area is 113 Å². The lowest BCUT2D eigenvalue weighted by Crippen LogP contribution is -2.25. The fourth-order valence-corrected chi connectivity index (χ4v) is 2.60. The number of halogens is 1. The van der Waals surface area contributed by atoms with Crippen LogP contribution in [0.2, 0.25) is 5.02 Å². The molecule has 4 heteroatoms. The Hall–Kier alpha value is -0.930. The molecule has 1 aromatic rings. The maximum absolute atomic E-state index is 9.55. The van der Waals surface area contributed by atoms with Gasteiger partial charge in [-0.15, -0.1) is 0 Å². The van der Waals surface area contributed by atoms with Crippen molar-refractivity contribution < 1.29 is 14.6 Å². The van der Waals surface area contributed by atoms with E-state index >= 15 is 0 Å². The molecule has 0 atom stereocenters. The first-order valence-corrected chi connectivity index (χ1v) is 6.61. The molecule has 0 amide bonds. The van der Waals surface area contributed by atoms with Crippen LogP contribution in [0, 0.1) is 0 Å². The van der Waals surface area contributed by atoms with E-state index in [0.29, 0.717) is 29.7 Å². The lowest BCUT2D eigenvalue weighted by Gasteiger charge is -2.29. The monoisotopic (exact) mass is 270 g/mol. The fraction of sp³-hybridized carbons (Fsp3) is 0.571. The van der Waals surface area contributed by atoms with Gasteiger partial charge in [0.05, 0.1) is 11.6 Å². The summed E-state index contributed by atoms with van der Waals surface area (Å²) in [6.07, 6.45) is 0.800. The van der Waals surface area contributed by atoms with Crippen molar-refractivity contribution in [3.8, 4) is 11.5 Å². The topological polar surface area (TPSA) is 38.7 Å². The molecule has 100 valence electrons. The van der Waals surface area contributed by atoms with Gasteiger partial charge in [0.25, 0.3) is 0 Å². The predicted octanol–water partition coefficient (Wildman–Crippen LogP) is 2.94. The van der Waals surface area contributed by atoms with E-state index in [1.54, 1.807) is 0 Å². The number of fused-ring (bicyclic) bond motifs is 1. The first kappa shape index (κ1) is 13.5. The summed E-state index contributed by atoms with van der Waals surface area (Å²) in [6.45, 7) is 7.17. The highest BCUT2D eigenvalue weighted by Crippen LogP contribution is 2.44. The molecule has 1 heterocycles. The maximum Gasteiger partial charge on any atom is 0.180 e. The molecule has 2 rings (SSSR count). The Bertz CT molecular complexity index is 455. The molecule has 3 nitrogen and oxygen atoms in total. The molecule has 0 saturated heterocycles. The van der Waals surface area contributed by atoms with Crippen LogP contribution >= 0.6 is 11.6 Å². The summed E-state index contributed by atoms with van der Waals surface area (Å²) < 4.78 is 11.2. The van der Waals surface area contributed by atoms with Gasteiger partial charge in [-0.1, -0.05) is 32.4 Å². The Balaban J connectivity index is 2.63. The van der Waals surface area contributed by atoms with Crippen molar-refractivity contribution in [1.82, 2.24) is 0 Å². The first-order chi connectivity index (χ1) is 8.51. The van der Waals surface area contributed by atoms with Gasteiger partial charge >= 0.3 is 0 Å². The molecule has 0 fully saturated rings. The van der Waals surface area contributed by atoms with Crippen LogP contribution in [-0.4, -0.2) is 24.9 Å². The number of hydrogen-bond acceptors (Lipinski definition) is 3. The molecular weight excluding hydrogens is 252 g/mol. The second kappa shape index (κ2) is 4.98. The zero-order valence-electron chi connectivity index (χ0n) is 11.0. The summed E-state index contributed by atoms with van der Waals surface area (Å²) in [5.74, 6) is 1.32. The lowest BCUT2D eigenvalue weighted by atomic mass is 9.81. The van der Waals surface area contributed by atoms with Crippen molar-refractivity contribution in [2.45, 2.75) is 32.6 Å². The maximum atomic E-state index is 9.55. The Morgan fingerprint density at radius 3 is 2.61 bits per heavy atom. The van der Waals surface area contributed by atoms with Crippen LogP contribution in [0.1, 0.15) is 31.9 Å². The molecule has 0 saturated carbocycles. The van der Waals surface area contributed by atoms with Gasteiger partial charge in [0.1, 0.15) is 13.2 Å². The lowest BCUT2D eigenvalue weighted by molar-refractivity contribution is 0.170. The van der Waals surface area contributed by atoms with Gasteiger partial charge in [0.2, 0.25) is 0 Å². The van der Waals surface area contributed by atoms with Crippen LogP contribution in [0.15, 0.2) is 6.07 Å². The molecule has 18 heavy (non-hydrogen) atoms. The van der Waals surface area contributed by atoms with Crippen molar-refractivity contribution >= 4 is 11.6 Å². The summed E-state index contributed by atoms with van der Waals surface area (Å²) in [4.78, 5) is 0. The number of benzene rings is 1. The summed E-state index contributed by atoms with van der Waals surface area (Å²) >= 11 is 6.41. The Morgan fingerprint density at radius 1 is 1.33 bits per heavy atom. The second-order valence-electron chi connectivity index (χ2n) is 5.14. The number of hydrogen-bond donors (Lipinski definition) is 1. The third kappa shape index (κ3) is 2.17. The van der Waals surface area contributed by atoms with Crippen molar-refractivity contribution in [3.63, 3.8) is 0 Å². The molecule has 1 aliphatic rings. The van der Waals surface area contributed by atoms with E-state index in [4.69, 9.17) is 21.1 Å². The number of aliphatic hydroxyl groups is 1. The standard InChI is InChI=1S/C14H19ClO3/c1-4-9-10(14(2,3)8-16)7-11-13(12(9)15)18-6-5-17-11/h7,16H,4-6,8H2,1-3H3. The molecule has 0 unspecified atom stereocenters. The molecule has 0 aromatic heterocycles. The van der Waals surface area contributed by atoms with E-state index in [1.807, 2.05) is 26.8 Å². The van der Waals surface area contributed by atoms with E-state index < -0.39 is 0 Å². The van der Waals surface area contributed by atoms with Gasteiger partial charge in [0, 0.05) is 5.41 Å². The average molecular weight is 271 g/mol. The highest BCUT2D eigenvalue weighted by Gasteiger charge is 2.28. The van der Waals surface area contributed by atoms with E-state index in [1.165, 1.54) is 0 Å². The SMILES string of the molecule is CCc1c(C(C)(C)CO)cc2c(c1Cl)OCCO2. The van der Waals surface area contributed by atoms with Crippen LogP contribution < -0.4 is 9.47 Å². The molecule has 1 aromatic carbocycles. The normalized spacial score (nSPS) is 14.7. The molecule has 1 N–H and O–H groups in total. The minimum Gasteiger partial charge on any atom is -0.486 e. The average Bonchev–Trinajstić information content (AvgIpc) is 2.38. The number of ether oxygens (including phenoxy) is 2.